The Morgan fingerprint density at radius 1 is 1.27 bits per heavy atom. The zero-order chi connectivity index (χ0) is 18.5. The number of aromatic nitrogens is 2. The Kier molecular flexibility index (Phi) is 5.92. The first kappa shape index (κ1) is 18.4. The number of carbonyl (C=O) groups excluding carboxylic acids is 2. The highest BCUT2D eigenvalue weighted by atomic mass is 32.1. The van der Waals surface area contributed by atoms with Crippen LogP contribution in [-0.4, -0.2) is 45.9 Å². The Morgan fingerprint density at radius 3 is 2.58 bits per heavy atom. The van der Waals surface area contributed by atoms with E-state index < -0.39 is 0 Å². The number of amides is 2. The number of carbonyl (C=O) groups is 2. The monoisotopic (exact) mass is 376 g/mol. The quantitative estimate of drug-likeness (QED) is 0.868. The molecule has 1 aliphatic heterocycles. The maximum Gasteiger partial charge on any atom is 0.267 e. The Balaban J connectivity index is 1.41. The smallest absolute Gasteiger partial charge is 0.267 e. The largest absolute Gasteiger partial charge is 0.356 e. The van der Waals surface area contributed by atoms with Gasteiger partial charge in [-0.2, -0.15) is 0 Å². The van der Waals surface area contributed by atoms with Crippen LogP contribution < -0.4 is 5.32 Å². The van der Waals surface area contributed by atoms with E-state index in [1.165, 1.54) is 12.1 Å². The van der Waals surface area contributed by atoms with Gasteiger partial charge in [0.25, 0.3) is 5.91 Å². The fourth-order valence-electron chi connectivity index (χ4n) is 3.02. The molecule has 0 radical (unpaired) electrons. The van der Waals surface area contributed by atoms with Crippen LogP contribution in [0.3, 0.4) is 0 Å². The maximum atomic E-state index is 12.9. The van der Waals surface area contributed by atoms with Gasteiger partial charge in [-0.3, -0.25) is 9.59 Å². The van der Waals surface area contributed by atoms with Crippen LogP contribution in [0.2, 0.25) is 0 Å². The normalized spacial score (nSPS) is 15.1. The third-order valence-corrected chi connectivity index (χ3v) is 5.43. The molecular formula is C18H21FN4O2S. The lowest BCUT2D eigenvalue weighted by Crippen LogP contribution is -2.41. The Labute approximate surface area is 155 Å². The lowest BCUT2D eigenvalue weighted by molar-refractivity contribution is -0.120. The number of benzene rings is 1. The lowest BCUT2D eigenvalue weighted by Gasteiger charge is -2.31. The van der Waals surface area contributed by atoms with Crippen LogP contribution in [0, 0.1) is 18.7 Å². The second-order valence-corrected chi connectivity index (χ2v) is 7.28. The van der Waals surface area contributed by atoms with Gasteiger partial charge in [-0.05, 0) is 54.9 Å². The first-order valence-corrected chi connectivity index (χ1v) is 9.39. The number of hydrogen-bond donors (Lipinski definition) is 1. The number of hydrogen-bond acceptors (Lipinski definition) is 5. The molecule has 0 unspecified atom stereocenters. The van der Waals surface area contributed by atoms with Crippen LogP contribution in [0.1, 0.15) is 33.8 Å². The molecule has 0 bridgehead atoms. The van der Waals surface area contributed by atoms with E-state index in [0.29, 0.717) is 36.1 Å². The van der Waals surface area contributed by atoms with Gasteiger partial charge in [0.05, 0.1) is 12.1 Å². The summed E-state index contributed by atoms with van der Waals surface area (Å²) in [4.78, 5) is 26.9. The maximum absolute atomic E-state index is 12.9. The van der Waals surface area contributed by atoms with Crippen molar-refractivity contribution >= 4 is 23.3 Å². The summed E-state index contributed by atoms with van der Waals surface area (Å²) in [7, 11) is 0. The summed E-state index contributed by atoms with van der Waals surface area (Å²) in [5.74, 6) is -0.0190. The first-order valence-electron chi connectivity index (χ1n) is 8.62. The summed E-state index contributed by atoms with van der Waals surface area (Å²) < 4.78 is 16.7. The summed E-state index contributed by atoms with van der Waals surface area (Å²) in [6.45, 7) is 3.74. The molecule has 1 N–H and O–H groups in total. The number of aryl methyl sites for hydroxylation is 1. The lowest BCUT2D eigenvalue weighted by atomic mass is 9.96. The highest BCUT2D eigenvalue weighted by Gasteiger charge is 2.26. The molecule has 1 fully saturated rings. The van der Waals surface area contributed by atoms with Crippen molar-refractivity contribution in [2.45, 2.75) is 26.2 Å². The molecule has 0 spiro atoms. The topological polar surface area (TPSA) is 75.2 Å². The van der Waals surface area contributed by atoms with Crippen molar-refractivity contribution in [2.75, 3.05) is 19.6 Å². The van der Waals surface area contributed by atoms with Gasteiger partial charge in [0.2, 0.25) is 5.91 Å². The number of halogens is 1. The molecule has 0 atom stereocenters. The van der Waals surface area contributed by atoms with Gasteiger partial charge in [0.1, 0.15) is 10.7 Å². The van der Waals surface area contributed by atoms with Crippen molar-refractivity contribution in [1.29, 1.82) is 0 Å². The van der Waals surface area contributed by atoms with E-state index in [1.54, 1.807) is 19.1 Å². The van der Waals surface area contributed by atoms with E-state index in [4.69, 9.17) is 0 Å². The van der Waals surface area contributed by atoms with Crippen molar-refractivity contribution in [1.82, 2.24) is 19.8 Å². The summed E-state index contributed by atoms with van der Waals surface area (Å²) in [6.07, 6.45) is 1.96. The van der Waals surface area contributed by atoms with Crippen LogP contribution in [0.4, 0.5) is 4.39 Å². The highest BCUT2D eigenvalue weighted by Crippen LogP contribution is 2.20. The standard InChI is InChI=1S/C18H21FN4O2S/c1-12-17(26-22-21-12)18(25)23-8-6-14(7-9-23)11-20-16(24)10-13-2-4-15(19)5-3-13/h2-5,14H,6-11H2,1H3,(H,20,24). The molecule has 1 saturated heterocycles. The van der Waals surface area contributed by atoms with E-state index in [9.17, 15) is 14.0 Å². The van der Waals surface area contributed by atoms with Crippen molar-refractivity contribution in [3.8, 4) is 0 Å². The molecule has 0 aliphatic carbocycles. The molecule has 8 heteroatoms. The predicted molar refractivity (Wildman–Crippen MR) is 96.4 cm³/mol. The molecule has 26 heavy (non-hydrogen) atoms. The van der Waals surface area contributed by atoms with Crippen molar-refractivity contribution in [2.24, 2.45) is 5.92 Å². The van der Waals surface area contributed by atoms with Gasteiger partial charge < -0.3 is 10.2 Å². The minimum absolute atomic E-state index is 0.00343. The van der Waals surface area contributed by atoms with Gasteiger partial charge in [-0.25, -0.2) is 4.39 Å². The average Bonchev–Trinajstić information content (AvgIpc) is 3.08. The molecular weight excluding hydrogens is 355 g/mol. The Hall–Kier alpha value is -2.35. The van der Waals surface area contributed by atoms with Gasteiger partial charge in [0, 0.05) is 19.6 Å². The third-order valence-electron chi connectivity index (χ3n) is 4.61. The predicted octanol–water partition coefficient (Wildman–Crippen LogP) is 2.20. The molecule has 3 rings (SSSR count). The van der Waals surface area contributed by atoms with E-state index in [2.05, 4.69) is 14.9 Å². The second kappa shape index (κ2) is 8.35. The molecule has 2 aromatic rings. The molecule has 1 aliphatic rings. The molecule has 6 nitrogen and oxygen atoms in total. The molecule has 1 aromatic heterocycles. The van der Waals surface area contributed by atoms with E-state index in [0.717, 1.165) is 29.9 Å². The molecule has 0 saturated carbocycles. The van der Waals surface area contributed by atoms with Gasteiger partial charge in [-0.15, -0.1) is 5.10 Å². The van der Waals surface area contributed by atoms with Crippen molar-refractivity contribution < 1.29 is 14.0 Å². The zero-order valence-corrected chi connectivity index (χ0v) is 15.4. The van der Waals surface area contributed by atoms with Crippen LogP contribution in [-0.2, 0) is 11.2 Å². The fraction of sp³-hybridized carbons (Fsp3) is 0.444. The molecule has 1 aromatic carbocycles. The van der Waals surface area contributed by atoms with Crippen molar-refractivity contribution in [3.63, 3.8) is 0 Å². The molecule has 2 amide bonds. The molecule has 138 valence electrons. The van der Waals surface area contributed by atoms with E-state index >= 15 is 0 Å². The second-order valence-electron chi connectivity index (χ2n) is 6.53. The summed E-state index contributed by atoms with van der Waals surface area (Å²) >= 11 is 1.14. The number of nitrogens with one attached hydrogen (secondary N) is 1. The minimum Gasteiger partial charge on any atom is -0.356 e. The number of nitrogens with zero attached hydrogens (tertiary/aromatic N) is 3. The zero-order valence-electron chi connectivity index (χ0n) is 14.6. The minimum atomic E-state index is -0.306. The average molecular weight is 376 g/mol. The number of rotatable bonds is 5. The fourth-order valence-corrected chi connectivity index (χ4v) is 3.64. The number of piperidine rings is 1. The van der Waals surface area contributed by atoms with Crippen LogP contribution in [0.5, 0.6) is 0 Å². The van der Waals surface area contributed by atoms with E-state index in [-0.39, 0.29) is 24.1 Å². The van der Waals surface area contributed by atoms with Crippen LogP contribution >= 0.6 is 11.5 Å². The highest BCUT2D eigenvalue weighted by molar-refractivity contribution is 7.07. The van der Waals surface area contributed by atoms with Crippen LogP contribution in [0.15, 0.2) is 24.3 Å². The summed E-state index contributed by atoms with van der Waals surface area (Å²) in [6, 6.07) is 5.95. The number of likely N-dealkylation sites (tertiary alicyclic amines) is 1. The van der Waals surface area contributed by atoms with Gasteiger partial charge >= 0.3 is 0 Å². The molecule has 2 heterocycles. The van der Waals surface area contributed by atoms with Crippen molar-refractivity contribution in [3.05, 3.63) is 46.2 Å². The Morgan fingerprint density at radius 2 is 1.96 bits per heavy atom. The third kappa shape index (κ3) is 4.63. The Bertz CT molecular complexity index is 770. The van der Waals surface area contributed by atoms with Crippen LogP contribution in [0.25, 0.3) is 0 Å². The first-order chi connectivity index (χ1) is 12.5. The van der Waals surface area contributed by atoms with Gasteiger partial charge in [0.15, 0.2) is 0 Å². The summed E-state index contributed by atoms with van der Waals surface area (Å²) in [5, 5.41) is 6.83. The summed E-state index contributed by atoms with van der Waals surface area (Å²) in [5.41, 5.74) is 1.47. The van der Waals surface area contributed by atoms with Gasteiger partial charge in [-0.1, -0.05) is 16.6 Å². The SMILES string of the molecule is Cc1nnsc1C(=O)N1CCC(CNC(=O)Cc2ccc(F)cc2)CC1. The van der Waals surface area contributed by atoms with E-state index in [1.807, 2.05) is 4.90 Å².